The first kappa shape index (κ1) is 26.3. The summed E-state index contributed by atoms with van der Waals surface area (Å²) in [6.07, 6.45) is 7.34. The van der Waals surface area contributed by atoms with Crippen LogP contribution in [0.3, 0.4) is 0 Å². The van der Waals surface area contributed by atoms with E-state index in [0.29, 0.717) is 42.7 Å². The molecule has 0 bridgehead atoms. The van der Waals surface area contributed by atoms with Gasteiger partial charge in [-0.05, 0) is 60.5 Å². The number of amides is 2. The Labute approximate surface area is 227 Å². The molecule has 38 heavy (non-hydrogen) atoms. The maximum atomic E-state index is 13.6. The highest BCUT2D eigenvalue weighted by atomic mass is 32.2. The fraction of sp³-hybridized carbons (Fsp3) is 0.414. The Morgan fingerprint density at radius 1 is 1.08 bits per heavy atom. The van der Waals surface area contributed by atoms with Gasteiger partial charge in [0.15, 0.2) is 23.3 Å². The van der Waals surface area contributed by atoms with Gasteiger partial charge in [-0.2, -0.15) is 0 Å². The molecule has 8 nitrogen and oxygen atoms in total. The largest absolute Gasteiger partial charge is 0.493 e. The van der Waals surface area contributed by atoms with E-state index in [1.807, 2.05) is 53.4 Å². The monoisotopic (exact) mass is 535 g/mol. The van der Waals surface area contributed by atoms with E-state index in [2.05, 4.69) is 0 Å². The molecule has 2 aromatic rings. The van der Waals surface area contributed by atoms with E-state index in [-0.39, 0.29) is 24.5 Å². The number of morpholine rings is 1. The van der Waals surface area contributed by atoms with Gasteiger partial charge in [0.2, 0.25) is 0 Å². The molecule has 3 aliphatic rings. The maximum Gasteiger partial charge on any atom is 0.267 e. The molecule has 0 spiro atoms. The van der Waals surface area contributed by atoms with E-state index in [1.165, 1.54) is 18.2 Å². The zero-order valence-electron chi connectivity index (χ0n) is 21.6. The van der Waals surface area contributed by atoms with E-state index < -0.39 is 0 Å². The highest BCUT2D eigenvalue weighted by molar-refractivity contribution is 8.18. The van der Waals surface area contributed by atoms with Gasteiger partial charge < -0.3 is 19.1 Å². The van der Waals surface area contributed by atoms with Crippen molar-refractivity contribution in [3.63, 3.8) is 0 Å². The Morgan fingerprint density at radius 3 is 2.58 bits per heavy atom. The molecule has 200 valence electrons. The van der Waals surface area contributed by atoms with Crippen molar-refractivity contribution >= 4 is 40.5 Å². The zero-order chi connectivity index (χ0) is 26.3. The van der Waals surface area contributed by atoms with Crippen LogP contribution in [0.4, 0.5) is 5.69 Å². The average molecular weight is 536 g/mol. The van der Waals surface area contributed by atoms with Crippen LogP contribution in [0.25, 0.3) is 6.08 Å². The molecule has 2 saturated heterocycles. The fourth-order valence-corrected chi connectivity index (χ4v) is 5.99. The van der Waals surface area contributed by atoms with Crippen LogP contribution in [-0.2, 0) is 14.3 Å². The number of nitrogens with zero attached hydrogens (tertiary/aromatic N) is 3. The van der Waals surface area contributed by atoms with Crippen LogP contribution >= 0.6 is 11.8 Å². The first-order valence-corrected chi connectivity index (χ1v) is 14.0. The number of hydrogen-bond acceptors (Lipinski definition) is 7. The number of benzene rings is 2. The van der Waals surface area contributed by atoms with Gasteiger partial charge in [0.25, 0.3) is 11.8 Å². The lowest BCUT2D eigenvalue weighted by Gasteiger charge is -2.30. The second-order valence-corrected chi connectivity index (χ2v) is 10.5. The van der Waals surface area contributed by atoms with Gasteiger partial charge in [-0.1, -0.05) is 43.5 Å². The Hall–Kier alpha value is -3.30. The number of ether oxygens (including phenoxy) is 3. The number of carbonyl (C=O) groups is 2. The molecule has 0 unspecified atom stereocenters. The molecule has 1 saturated carbocycles. The lowest BCUT2D eigenvalue weighted by Crippen LogP contribution is -2.43. The third kappa shape index (κ3) is 6.22. The summed E-state index contributed by atoms with van der Waals surface area (Å²) in [6.45, 7) is 2.17. The van der Waals surface area contributed by atoms with Crippen molar-refractivity contribution in [2.45, 2.75) is 38.1 Å². The summed E-state index contributed by atoms with van der Waals surface area (Å²) >= 11 is 1.41. The Kier molecular flexibility index (Phi) is 8.65. The van der Waals surface area contributed by atoms with Crippen LogP contribution in [0.15, 0.2) is 58.4 Å². The smallest absolute Gasteiger partial charge is 0.267 e. The molecule has 2 heterocycles. The second-order valence-electron chi connectivity index (χ2n) is 9.50. The van der Waals surface area contributed by atoms with Gasteiger partial charge in [0, 0.05) is 19.1 Å². The van der Waals surface area contributed by atoms with E-state index in [0.717, 1.165) is 42.1 Å². The molecular weight excluding hydrogens is 502 g/mol. The summed E-state index contributed by atoms with van der Waals surface area (Å²) in [6, 6.07) is 15.4. The number of thioether (sulfide) groups is 1. The van der Waals surface area contributed by atoms with Crippen molar-refractivity contribution in [3.8, 4) is 11.5 Å². The van der Waals surface area contributed by atoms with E-state index in [4.69, 9.17) is 19.2 Å². The van der Waals surface area contributed by atoms with Crippen LogP contribution in [0.1, 0.15) is 37.7 Å². The minimum atomic E-state index is -0.0810. The first-order valence-electron chi connectivity index (χ1n) is 13.2. The van der Waals surface area contributed by atoms with Crippen LogP contribution in [0.5, 0.6) is 11.5 Å². The number of rotatable bonds is 7. The summed E-state index contributed by atoms with van der Waals surface area (Å²) in [5.41, 5.74) is 1.65. The summed E-state index contributed by atoms with van der Waals surface area (Å²) in [4.78, 5) is 35.2. The topological polar surface area (TPSA) is 80.7 Å². The van der Waals surface area contributed by atoms with E-state index in [9.17, 15) is 9.59 Å². The van der Waals surface area contributed by atoms with Crippen molar-refractivity contribution < 1.29 is 23.8 Å². The Bertz CT molecular complexity index is 1200. The molecule has 2 amide bonds. The van der Waals surface area contributed by atoms with Gasteiger partial charge >= 0.3 is 0 Å². The lowest BCUT2D eigenvalue weighted by molar-refractivity contribution is -0.137. The molecule has 0 aromatic heterocycles. The summed E-state index contributed by atoms with van der Waals surface area (Å²) in [5.74, 6) is 0.901. The molecule has 9 heteroatoms. The van der Waals surface area contributed by atoms with E-state index >= 15 is 0 Å². The second kappa shape index (κ2) is 12.5. The molecule has 2 aromatic carbocycles. The minimum absolute atomic E-state index is 0.00742. The summed E-state index contributed by atoms with van der Waals surface area (Å²) < 4.78 is 16.6. The molecule has 2 aliphatic heterocycles. The van der Waals surface area contributed by atoms with Crippen molar-refractivity contribution in [1.82, 2.24) is 9.80 Å². The maximum absolute atomic E-state index is 13.6. The van der Waals surface area contributed by atoms with Gasteiger partial charge in [-0.25, -0.2) is 4.99 Å². The van der Waals surface area contributed by atoms with E-state index in [1.54, 1.807) is 18.1 Å². The minimum Gasteiger partial charge on any atom is -0.493 e. The van der Waals surface area contributed by atoms with Crippen LogP contribution in [-0.4, -0.2) is 72.8 Å². The highest BCUT2D eigenvalue weighted by Crippen LogP contribution is 2.39. The first-order chi connectivity index (χ1) is 18.6. The summed E-state index contributed by atoms with van der Waals surface area (Å²) in [7, 11) is 1.56. The van der Waals surface area contributed by atoms with Crippen LogP contribution in [0, 0.1) is 0 Å². The average Bonchev–Trinajstić information content (AvgIpc) is 3.27. The molecule has 0 atom stereocenters. The van der Waals surface area contributed by atoms with Gasteiger partial charge in [0.05, 0.1) is 30.9 Å². The van der Waals surface area contributed by atoms with Crippen molar-refractivity contribution in [2.24, 2.45) is 4.99 Å². The number of para-hydroxylation sites is 1. The third-order valence-corrected chi connectivity index (χ3v) is 7.94. The molecule has 0 N–H and O–H groups in total. The lowest BCUT2D eigenvalue weighted by atomic mass is 9.94. The number of methoxy groups -OCH3 is 1. The third-order valence-electron chi connectivity index (χ3n) is 6.96. The predicted molar refractivity (Wildman–Crippen MR) is 149 cm³/mol. The molecular formula is C29H33N3O5S. The normalized spacial score (nSPS) is 20.8. The fourth-order valence-electron chi connectivity index (χ4n) is 4.93. The zero-order valence-corrected chi connectivity index (χ0v) is 22.5. The predicted octanol–water partition coefficient (Wildman–Crippen LogP) is 4.87. The molecule has 1 aliphatic carbocycles. The molecule has 3 fully saturated rings. The van der Waals surface area contributed by atoms with Crippen molar-refractivity contribution in [1.29, 1.82) is 0 Å². The number of aliphatic imine (C=N–C) groups is 1. The highest BCUT2D eigenvalue weighted by Gasteiger charge is 2.38. The molecule has 0 radical (unpaired) electrons. The SMILES string of the molecule is COc1cc(/C=C2/SC(=Nc3ccccc3)N(C3CCCCC3)C2=O)ccc1OCC(=O)N1CCOCC1. The quantitative estimate of drug-likeness (QED) is 0.471. The Balaban J connectivity index is 1.34. The van der Waals surface area contributed by atoms with Crippen LogP contribution in [0.2, 0.25) is 0 Å². The number of carbonyl (C=O) groups excluding carboxylic acids is 2. The molecule has 5 rings (SSSR count). The number of hydrogen-bond donors (Lipinski definition) is 0. The van der Waals surface area contributed by atoms with Gasteiger partial charge in [-0.3, -0.25) is 14.5 Å². The standard InChI is InChI=1S/C29H33N3O5S/c1-35-25-18-21(12-13-24(25)37-20-27(33)31-14-16-36-17-15-31)19-26-28(34)32(23-10-6-3-7-11-23)29(38-26)30-22-8-4-2-5-9-22/h2,4-5,8-9,12-13,18-19,23H,3,6-7,10-11,14-17,20H2,1H3/b26-19+,30-29?. The summed E-state index contributed by atoms with van der Waals surface area (Å²) in [5, 5.41) is 0.730. The Morgan fingerprint density at radius 2 is 1.84 bits per heavy atom. The van der Waals surface area contributed by atoms with Crippen molar-refractivity contribution in [2.75, 3.05) is 40.0 Å². The van der Waals surface area contributed by atoms with Crippen molar-refractivity contribution in [3.05, 3.63) is 59.0 Å². The van der Waals surface area contributed by atoms with Crippen LogP contribution < -0.4 is 9.47 Å². The van der Waals surface area contributed by atoms with Gasteiger partial charge in [-0.15, -0.1) is 0 Å². The van der Waals surface area contributed by atoms with Gasteiger partial charge in [0.1, 0.15) is 0 Å². The number of amidine groups is 1.